The third kappa shape index (κ3) is 2.71. The summed E-state index contributed by atoms with van der Waals surface area (Å²) in [6.07, 6.45) is 1.80. The Morgan fingerprint density at radius 2 is 2.17 bits per heavy atom. The van der Waals surface area contributed by atoms with Crippen LogP contribution in [0.1, 0.15) is 19.0 Å². The van der Waals surface area contributed by atoms with E-state index >= 15 is 0 Å². The van der Waals surface area contributed by atoms with Gasteiger partial charge in [0.2, 0.25) is 0 Å². The van der Waals surface area contributed by atoms with Crippen LogP contribution in [0.15, 0.2) is 24.3 Å². The monoisotopic (exact) mass is 247 g/mol. The summed E-state index contributed by atoms with van der Waals surface area (Å²) < 4.78 is 7.10. The van der Waals surface area contributed by atoms with Gasteiger partial charge in [0.05, 0.1) is 17.8 Å². The highest BCUT2D eigenvalue weighted by Crippen LogP contribution is 2.19. The van der Waals surface area contributed by atoms with Crippen molar-refractivity contribution in [3.05, 3.63) is 30.0 Å². The molecule has 0 radical (unpaired) electrons. The molecule has 4 heteroatoms. The maximum atomic E-state index is 5.96. The number of fused-ring (bicyclic) bond motifs is 1. The summed E-state index contributed by atoms with van der Waals surface area (Å²) in [6, 6.07) is 8.44. The lowest BCUT2D eigenvalue weighted by atomic mass is 10.1. The zero-order chi connectivity index (χ0) is 13.0. The van der Waals surface area contributed by atoms with Crippen LogP contribution in [0.3, 0.4) is 0 Å². The fraction of sp³-hybridized carbons (Fsp3) is 0.500. The topological polar surface area (TPSA) is 53.1 Å². The van der Waals surface area contributed by atoms with Gasteiger partial charge in [-0.2, -0.15) is 5.10 Å². The second-order valence-corrected chi connectivity index (χ2v) is 4.53. The molecular weight excluding hydrogens is 226 g/mol. The molecule has 0 bridgehead atoms. The lowest BCUT2D eigenvalue weighted by molar-refractivity contribution is 0.177. The van der Waals surface area contributed by atoms with Crippen molar-refractivity contribution >= 4 is 10.9 Å². The molecule has 98 valence electrons. The van der Waals surface area contributed by atoms with Gasteiger partial charge in [-0.1, -0.05) is 18.2 Å². The molecule has 0 aliphatic carbocycles. The van der Waals surface area contributed by atoms with E-state index in [1.54, 1.807) is 7.11 Å². The average Bonchev–Trinajstić information content (AvgIpc) is 2.75. The summed E-state index contributed by atoms with van der Waals surface area (Å²) in [7, 11) is 1.68. The van der Waals surface area contributed by atoms with Gasteiger partial charge in [-0.25, -0.2) is 0 Å². The van der Waals surface area contributed by atoms with Gasteiger partial charge in [-0.3, -0.25) is 4.68 Å². The highest BCUT2D eigenvalue weighted by Gasteiger charge is 2.10. The Labute approximate surface area is 108 Å². The van der Waals surface area contributed by atoms with Crippen molar-refractivity contribution in [2.45, 2.75) is 32.4 Å². The van der Waals surface area contributed by atoms with Gasteiger partial charge < -0.3 is 10.5 Å². The maximum absolute atomic E-state index is 5.96. The van der Waals surface area contributed by atoms with Crippen molar-refractivity contribution in [2.75, 3.05) is 13.7 Å². The fourth-order valence-electron chi connectivity index (χ4n) is 2.24. The number of aromatic nitrogens is 2. The molecular formula is C14H21N3O. The first-order valence-electron chi connectivity index (χ1n) is 6.45. The zero-order valence-electron chi connectivity index (χ0n) is 11.1. The zero-order valence-corrected chi connectivity index (χ0v) is 11.1. The molecule has 1 heterocycles. The van der Waals surface area contributed by atoms with Crippen molar-refractivity contribution in [3.63, 3.8) is 0 Å². The molecule has 4 nitrogen and oxygen atoms in total. The summed E-state index contributed by atoms with van der Waals surface area (Å²) in [5.74, 6) is 0. The summed E-state index contributed by atoms with van der Waals surface area (Å²) in [4.78, 5) is 0. The Bertz CT molecular complexity index is 507. The molecule has 2 aromatic rings. The highest BCUT2D eigenvalue weighted by atomic mass is 16.5. The van der Waals surface area contributed by atoms with Crippen LogP contribution in [-0.4, -0.2) is 29.5 Å². The molecule has 0 aliphatic rings. The number of rotatable bonds is 6. The van der Waals surface area contributed by atoms with Crippen LogP contribution < -0.4 is 5.73 Å². The number of para-hydroxylation sites is 1. The Hall–Kier alpha value is -1.39. The second kappa shape index (κ2) is 5.98. The van der Waals surface area contributed by atoms with Crippen molar-refractivity contribution in [1.82, 2.24) is 9.78 Å². The predicted molar refractivity (Wildman–Crippen MR) is 73.6 cm³/mol. The van der Waals surface area contributed by atoms with Crippen molar-refractivity contribution < 1.29 is 4.74 Å². The predicted octanol–water partition coefficient (Wildman–Crippen LogP) is 1.96. The smallest absolute Gasteiger partial charge is 0.0703 e. The SMILES string of the molecule is CCn1nc(CCC(N)COC)c2ccccc21. The van der Waals surface area contributed by atoms with E-state index in [-0.39, 0.29) is 6.04 Å². The standard InChI is InChI=1S/C14H21N3O/c1-3-17-14-7-5-4-6-12(14)13(16-17)9-8-11(15)10-18-2/h4-7,11H,3,8-10,15H2,1-2H3. The van der Waals surface area contributed by atoms with Gasteiger partial charge in [0, 0.05) is 25.1 Å². The molecule has 1 atom stereocenters. The lowest BCUT2D eigenvalue weighted by Gasteiger charge is -2.08. The minimum Gasteiger partial charge on any atom is -0.383 e. The molecule has 0 saturated heterocycles. The lowest BCUT2D eigenvalue weighted by Crippen LogP contribution is -2.26. The molecule has 2 N–H and O–H groups in total. The molecule has 1 aromatic carbocycles. The van der Waals surface area contributed by atoms with E-state index in [1.165, 1.54) is 10.9 Å². The number of aryl methyl sites for hydroxylation is 2. The van der Waals surface area contributed by atoms with E-state index < -0.39 is 0 Å². The number of nitrogens with zero attached hydrogens (tertiary/aromatic N) is 2. The van der Waals surface area contributed by atoms with Crippen LogP contribution in [0.5, 0.6) is 0 Å². The van der Waals surface area contributed by atoms with E-state index in [9.17, 15) is 0 Å². The number of nitrogens with two attached hydrogens (primary N) is 1. The highest BCUT2D eigenvalue weighted by molar-refractivity contribution is 5.81. The second-order valence-electron chi connectivity index (χ2n) is 4.53. The van der Waals surface area contributed by atoms with E-state index in [0.717, 1.165) is 25.1 Å². The number of hydrogen-bond acceptors (Lipinski definition) is 3. The van der Waals surface area contributed by atoms with Gasteiger partial charge in [0.25, 0.3) is 0 Å². The van der Waals surface area contributed by atoms with E-state index in [1.807, 2.05) is 4.68 Å². The van der Waals surface area contributed by atoms with E-state index in [0.29, 0.717) is 6.61 Å². The van der Waals surface area contributed by atoms with Gasteiger partial charge >= 0.3 is 0 Å². The Kier molecular flexibility index (Phi) is 4.33. The van der Waals surface area contributed by atoms with E-state index in [2.05, 4.69) is 36.3 Å². The molecule has 0 saturated carbocycles. The quantitative estimate of drug-likeness (QED) is 0.849. The van der Waals surface area contributed by atoms with Crippen LogP contribution in [0, 0.1) is 0 Å². The number of ether oxygens (including phenoxy) is 1. The van der Waals surface area contributed by atoms with Gasteiger partial charge in [0.1, 0.15) is 0 Å². The summed E-state index contributed by atoms with van der Waals surface area (Å²) >= 11 is 0. The molecule has 0 aliphatic heterocycles. The Balaban J connectivity index is 2.18. The molecule has 0 amide bonds. The number of benzene rings is 1. The third-order valence-corrected chi connectivity index (χ3v) is 3.17. The molecule has 0 fully saturated rings. The van der Waals surface area contributed by atoms with Gasteiger partial charge in [-0.05, 0) is 25.8 Å². The van der Waals surface area contributed by atoms with Crippen molar-refractivity contribution in [3.8, 4) is 0 Å². The van der Waals surface area contributed by atoms with Crippen LogP contribution in [0.2, 0.25) is 0 Å². The van der Waals surface area contributed by atoms with Crippen LogP contribution >= 0.6 is 0 Å². The third-order valence-electron chi connectivity index (χ3n) is 3.17. The van der Waals surface area contributed by atoms with Crippen molar-refractivity contribution in [1.29, 1.82) is 0 Å². The first kappa shape index (κ1) is 13.1. The average molecular weight is 247 g/mol. The normalized spacial score (nSPS) is 13.1. The summed E-state index contributed by atoms with van der Waals surface area (Å²) in [5.41, 5.74) is 8.30. The number of hydrogen-bond donors (Lipinski definition) is 1. The minimum absolute atomic E-state index is 0.0838. The fourth-order valence-corrected chi connectivity index (χ4v) is 2.24. The largest absolute Gasteiger partial charge is 0.383 e. The van der Waals surface area contributed by atoms with E-state index in [4.69, 9.17) is 10.5 Å². The first-order valence-corrected chi connectivity index (χ1v) is 6.45. The molecule has 1 unspecified atom stereocenters. The maximum Gasteiger partial charge on any atom is 0.0703 e. The van der Waals surface area contributed by atoms with Crippen LogP contribution in [-0.2, 0) is 17.7 Å². The van der Waals surface area contributed by atoms with Crippen molar-refractivity contribution in [2.24, 2.45) is 5.73 Å². The van der Waals surface area contributed by atoms with Gasteiger partial charge in [0.15, 0.2) is 0 Å². The molecule has 0 spiro atoms. The van der Waals surface area contributed by atoms with Crippen LogP contribution in [0.4, 0.5) is 0 Å². The minimum atomic E-state index is 0.0838. The molecule has 1 aromatic heterocycles. The summed E-state index contributed by atoms with van der Waals surface area (Å²) in [5, 5.41) is 5.90. The van der Waals surface area contributed by atoms with Gasteiger partial charge in [-0.15, -0.1) is 0 Å². The molecule has 18 heavy (non-hydrogen) atoms. The Morgan fingerprint density at radius 3 is 2.89 bits per heavy atom. The first-order chi connectivity index (χ1) is 8.76. The Morgan fingerprint density at radius 1 is 1.39 bits per heavy atom. The molecule has 2 rings (SSSR count). The number of methoxy groups -OCH3 is 1. The summed E-state index contributed by atoms with van der Waals surface area (Å²) in [6.45, 7) is 3.61. The van der Waals surface area contributed by atoms with Crippen LogP contribution in [0.25, 0.3) is 10.9 Å².